The molecule has 0 aliphatic heterocycles. The predicted molar refractivity (Wildman–Crippen MR) is 60.8 cm³/mol. The zero-order valence-electron chi connectivity index (χ0n) is 8.31. The van der Waals surface area contributed by atoms with Gasteiger partial charge in [-0.3, -0.25) is 4.79 Å². The second-order valence-corrected chi connectivity index (χ2v) is 4.33. The van der Waals surface area contributed by atoms with E-state index >= 15 is 0 Å². The van der Waals surface area contributed by atoms with Gasteiger partial charge in [0.2, 0.25) is 0 Å². The SMILES string of the molecule is O=C(O)c1cc(Cl)c(Br)cc1NC(=O)C(F)(F)F. The van der Waals surface area contributed by atoms with E-state index in [0.717, 1.165) is 12.1 Å². The standard InChI is InChI=1S/C9H4BrClF3NO3/c10-4-2-6(15-8(18)9(12,13)14)3(7(16)17)1-5(4)11/h1-2H,(H,15,18)(H,16,17). The molecule has 0 aromatic heterocycles. The Morgan fingerprint density at radius 1 is 1.33 bits per heavy atom. The van der Waals surface area contributed by atoms with Gasteiger partial charge in [0.15, 0.2) is 0 Å². The number of alkyl halides is 3. The molecule has 1 aromatic carbocycles. The van der Waals surface area contributed by atoms with Crippen LogP contribution in [0.2, 0.25) is 5.02 Å². The van der Waals surface area contributed by atoms with Gasteiger partial charge in [-0.2, -0.15) is 13.2 Å². The third-order valence-corrected chi connectivity index (χ3v) is 2.99. The number of hydrogen-bond donors (Lipinski definition) is 2. The lowest BCUT2D eigenvalue weighted by atomic mass is 10.2. The lowest BCUT2D eigenvalue weighted by molar-refractivity contribution is -0.167. The van der Waals surface area contributed by atoms with Crippen LogP contribution in [0.5, 0.6) is 0 Å². The Kier molecular flexibility index (Phi) is 4.23. The highest BCUT2D eigenvalue weighted by atomic mass is 79.9. The first-order valence-electron chi connectivity index (χ1n) is 4.23. The number of carboxylic acids is 1. The topological polar surface area (TPSA) is 66.4 Å². The second kappa shape index (κ2) is 5.15. The summed E-state index contributed by atoms with van der Waals surface area (Å²) < 4.78 is 36.3. The van der Waals surface area contributed by atoms with E-state index in [2.05, 4.69) is 15.9 Å². The van der Waals surface area contributed by atoms with Crippen LogP contribution >= 0.6 is 27.5 Å². The van der Waals surface area contributed by atoms with Crippen molar-refractivity contribution in [1.82, 2.24) is 0 Å². The average Bonchev–Trinajstić information content (AvgIpc) is 2.21. The molecule has 2 N–H and O–H groups in total. The summed E-state index contributed by atoms with van der Waals surface area (Å²) in [7, 11) is 0. The van der Waals surface area contributed by atoms with E-state index in [1.807, 2.05) is 0 Å². The van der Waals surface area contributed by atoms with E-state index in [1.165, 1.54) is 5.32 Å². The number of amides is 1. The maximum absolute atomic E-state index is 12.1. The molecule has 0 fully saturated rings. The monoisotopic (exact) mass is 345 g/mol. The molecule has 0 bridgehead atoms. The van der Waals surface area contributed by atoms with Crippen molar-refractivity contribution in [3.05, 3.63) is 27.2 Å². The molecule has 0 saturated heterocycles. The Bertz CT molecular complexity index is 519. The van der Waals surface area contributed by atoms with Crippen molar-refractivity contribution < 1.29 is 27.9 Å². The highest BCUT2D eigenvalue weighted by Crippen LogP contribution is 2.30. The summed E-state index contributed by atoms with van der Waals surface area (Å²) in [5, 5.41) is 10.3. The third-order valence-electron chi connectivity index (χ3n) is 1.80. The number of carbonyl (C=O) groups is 2. The lowest BCUT2D eigenvalue weighted by Crippen LogP contribution is -2.30. The molecule has 0 heterocycles. The van der Waals surface area contributed by atoms with Crippen LogP contribution in [-0.2, 0) is 4.79 Å². The van der Waals surface area contributed by atoms with Crippen LogP contribution in [0.4, 0.5) is 18.9 Å². The van der Waals surface area contributed by atoms with Crippen LogP contribution in [0.25, 0.3) is 0 Å². The van der Waals surface area contributed by atoms with Crippen molar-refractivity contribution in [2.45, 2.75) is 6.18 Å². The second-order valence-electron chi connectivity index (χ2n) is 3.07. The van der Waals surface area contributed by atoms with E-state index in [4.69, 9.17) is 16.7 Å². The molecule has 0 radical (unpaired) electrons. The van der Waals surface area contributed by atoms with Gasteiger partial charge in [-0.15, -0.1) is 0 Å². The minimum atomic E-state index is -5.11. The van der Waals surface area contributed by atoms with E-state index in [9.17, 15) is 22.8 Å². The Morgan fingerprint density at radius 2 is 1.89 bits per heavy atom. The van der Waals surface area contributed by atoms with Crippen molar-refractivity contribution in [3.8, 4) is 0 Å². The molecule has 18 heavy (non-hydrogen) atoms. The minimum Gasteiger partial charge on any atom is -0.478 e. The maximum Gasteiger partial charge on any atom is 0.471 e. The highest BCUT2D eigenvalue weighted by molar-refractivity contribution is 9.10. The number of nitrogens with one attached hydrogen (secondary N) is 1. The number of carbonyl (C=O) groups excluding carboxylic acids is 1. The summed E-state index contributed by atoms with van der Waals surface area (Å²) in [5.41, 5.74) is -1.04. The van der Waals surface area contributed by atoms with E-state index in [-0.39, 0.29) is 9.50 Å². The molecule has 98 valence electrons. The molecule has 4 nitrogen and oxygen atoms in total. The van der Waals surface area contributed by atoms with Gasteiger partial charge in [0.25, 0.3) is 0 Å². The smallest absolute Gasteiger partial charge is 0.471 e. The van der Waals surface area contributed by atoms with Crippen molar-refractivity contribution >= 4 is 45.1 Å². The zero-order valence-corrected chi connectivity index (χ0v) is 10.7. The van der Waals surface area contributed by atoms with Gasteiger partial charge in [0.1, 0.15) is 0 Å². The summed E-state index contributed by atoms with van der Waals surface area (Å²) in [5.74, 6) is -3.78. The quantitative estimate of drug-likeness (QED) is 0.863. The normalized spacial score (nSPS) is 11.2. The van der Waals surface area contributed by atoms with Gasteiger partial charge >= 0.3 is 18.1 Å². The van der Waals surface area contributed by atoms with Crippen molar-refractivity contribution in [3.63, 3.8) is 0 Å². The Hall–Kier alpha value is -1.28. The lowest BCUT2D eigenvalue weighted by Gasteiger charge is -2.11. The molecular formula is C9H4BrClF3NO3. The molecule has 1 aromatic rings. The first kappa shape index (κ1) is 14.8. The predicted octanol–water partition coefficient (Wildman–Crippen LogP) is 3.30. The van der Waals surface area contributed by atoms with Gasteiger partial charge < -0.3 is 10.4 Å². The number of anilines is 1. The van der Waals surface area contributed by atoms with Crippen molar-refractivity contribution in [1.29, 1.82) is 0 Å². The van der Waals surface area contributed by atoms with Gasteiger partial charge in [-0.1, -0.05) is 11.6 Å². The molecular weight excluding hydrogens is 342 g/mol. The molecule has 1 rings (SSSR count). The fourth-order valence-corrected chi connectivity index (χ4v) is 1.53. The van der Waals surface area contributed by atoms with Crippen molar-refractivity contribution in [2.24, 2.45) is 0 Å². The highest BCUT2D eigenvalue weighted by Gasteiger charge is 2.39. The van der Waals surface area contributed by atoms with Crippen LogP contribution in [0.1, 0.15) is 10.4 Å². The summed E-state index contributed by atoms with van der Waals surface area (Å²) >= 11 is 8.52. The van der Waals surface area contributed by atoms with Gasteiger partial charge in [-0.25, -0.2) is 4.79 Å². The number of aromatic carboxylic acids is 1. The molecule has 0 unspecified atom stereocenters. The molecule has 1 amide bonds. The number of benzene rings is 1. The number of carboxylic acid groups (broad SMARTS) is 1. The van der Waals surface area contributed by atoms with Gasteiger partial charge in [0.05, 0.1) is 16.3 Å². The molecule has 9 heteroatoms. The largest absolute Gasteiger partial charge is 0.478 e. The summed E-state index contributed by atoms with van der Waals surface area (Å²) in [6, 6.07) is 1.91. The first-order chi connectivity index (χ1) is 8.12. The molecule has 0 spiro atoms. The van der Waals surface area contributed by atoms with Crippen LogP contribution < -0.4 is 5.32 Å². The molecule has 0 atom stereocenters. The molecule has 0 saturated carbocycles. The van der Waals surface area contributed by atoms with Crippen LogP contribution in [0.15, 0.2) is 16.6 Å². The third kappa shape index (κ3) is 3.36. The number of halogens is 5. The average molecular weight is 346 g/mol. The summed E-state index contributed by atoms with van der Waals surface area (Å²) in [4.78, 5) is 21.5. The van der Waals surface area contributed by atoms with Gasteiger partial charge in [0, 0.05) is 4.47 Å². The van der Waals surface area contributed by atoms with E-state index < -0.39 is 29.3 Å². The van der Waals surface area contributed by atoms with Crippen LogP contribution in [-0.4, -0.2) is 23.2 Å². The minimum absolute atomic E-state index is 0.00240. The Morgan fingerprint density at radius 3 is 2.33 bits per heavy atom. The van der Waals surface area contributed by atoms with E-state index in [1.54, 1.807) is 0 Å². The number of rotatable bonds is 2. The number of hydrogen-bond acceptors (Lipinski definition) is 2. The summed E-state index contributed by atoms with van der Waals surface area (Å²) in [6.45, 7) is 0. The van der Waals surface area contributed by atoms with Crippen LogP contribution in [0.3, 0.4) is 0 Å². The van der Waals surface area contributed by atoms with Crippen LogP contribution in [0, 0.1) is 0 Å². The van der Waals surface area contributed by atoms with Gasteiger partial charge in [-0.05, 0) is 28.1 Å². The molecule has 0 aliphatic rings. The van der Waals surface area contributed by atoms with Crippen molar-refractivity contribution in [2.75, 3.05) is 5.32 Å². The molecule has 0 aliphatic carbocycles. The Balaban J connectivity index is 3.20. The zero-order chi connectivity index (χ0) is 14.1. The maximum atomic E-state index is 12.1. The fourth-order valence-electron chi connectivity index (χ4n) is 1.02. The first-order valence-corrected chi connectivity index (χ1v) is 5.40. The summed E-state index contributed by atoms with van der Waals surface area (Å²) in [6.07, 6.45) is -5.11. The fraction of sp³-hybridized carbons (Fsp3) is 0.111. The Labute approximate surface area is 112 Å². The van der Waals surface area contributed by atoms with E-state index in [0.29, 0.717) is 0 Å².